The molecule has 1 radical (unpaired) electrons. The number of fused-ring (bicyclic) bond motifs is 1. The number of hydrogen-bond acceptors (Lipinski definition) is 4. The van der Waals surface area contributed by atoms with Gasteiger partial charge in [0, 0.05) is 50.2 Å². The molecule has 0 N–H and O–H groups in total. The molecule has 0 atom stereocenters. The maximum atomic E-state index is 13.8. The van der Waals surface area contributed by atoms with Crippen LogP contribution in [0.1, 0.15) is 66.3 Å². The molecular weight excluding hydrogens is 436 g/mol. The number of carbonyl (C=O) groups is 1. The quantitative estimate of drug-likeness (QED) is 0.454. The van der Waals surface area contributed by atoms with Gasteiger partial charge in [0.15, 0.2) is 5.65 Å². The standard InChI is InChI=1S/C29H35N4O2/c1-18(2)33-28-25(19(3)31-33)24(12-9-20-13-15-35-16-14-20)26(29(34)32(4)5)27(30-28)23-8-6-7-22(17-23)21-10-11-21/h6-8,10-11,17-18,20H,9,12-16H2,1-5H3. The van der Waals surface area contributed by atoms with Gasteiger partial charge in [0.2, 0.25) is 0 Å². The van der Waals surface area contributed by atoms with E-state index in [1.54, 1.807) is 4.90 Å². The largest absolute Gasteiger partial charge is 0.381 e. The van der Waals surface area contributed by atoms with Crippen molar-refractivity contribution >= 4 is 16.9 Å². The fraction of sp³-hybridized carbons (Fsp3) is 0.448. The van der Waals surface area contributed by atoms with Gasteiger partial charge in [0.05, 0.1) is 17.0 Å². The van der Waals surface area contributed by atoms with Crippen molar-refractivity contribution in [2.45, 2.75) is 52.5 Å². The van der Waals surface area contributed by atoms with Crippen molar-refractivity contribution < 1.29 is 9.53 Å². The van der Waals surface area contributed by atoms with Crippen LogP contribution in [-0.4, -0.2) is 52.9 Å². The lowest BCUT2D eigenvalue weighted by Crippen LogP contribution is -2.25. The van der Waals surface area contributed by atoms with Gasteiger partial charge < -0.3 is 9.64 Å². The van der Waals surface area contributed by atoms with E-state index in [0.717, 1.165) is 78.0 Å². The summed E-state index contributed by atoms with van der Waals surface area (Å²) in [5, 5.41) is 5.91. The van der Waals surface area contributed by atoms with E-state index in [2.05, 4.69) is 50.3 Å². The highest BCUT2D eigenvalue weighted by molar-refractivity contribution is 6.05. The van der Waals surface area contributed by atoms with E-state index < -0.39 is 0 Å². The second kappa shape index (κ2) is 9.57. The van der Waals surface area contributed by atoms with Crippen molar-refractivity contribution in [2.24, 2.45) is 5.92 Å². The molecule has 3 heterocycles. The lowest BCUT2D eigenvalue weighted by atomic mass is 9.88. The van der Waals surface area contributed by atoms with Crippen molar-refractivity contribution in [1.82, 2.24) is 19.7 Å². The number of benzene rings is 1. The Morgan fingerprint density at radius 2 is 1.89 bits per heavy atom. The third-order valence-corrected chi connectivity index (χ3v) is 7.17. The Morgan fingerprint density at radius 1 is 1.17 bits per heavy atom. The lowest BCUT2D eigenvalue weighted by Gasteiger charge is -2.24. The van der Waals surface area contributed by atoms with Gasteiger partial charge in [-0.05, 0) is 69.6 Å². The molecule has 1 saturated heterocycles. The first kappa shape index (κ1) is 23.7. The highest BCUT2D eigenvalue weighted by atomic mass is 16.5. The molecule has 2 aliphatic rings. The predicted molar refractivity (Wildman–Crippen MR) is 139 cm³/mol. The molecule has 35 heavy (non-hydrogen) atoms. The number of hydrogen-bond donors (Lipinski definition) is 0. The molecular formula is C29H35N4O2. The molecule has 1 fully saturated rings. The highest BCUT2D eigenvalue weighted by Gasteiger charge is 2.28. The fourth-order valence-electron chi connectivity index (χ4n) is 5.16. The third-order valence-electron chi connectivity index (χ3n) is 7.17. The van der Waals surface area contributed by atoms with Crippen LogP contribution in [0.15, 0.2) is 36.4 Å². The molecule has 183 valence electrons. The first-order valence-corrected chi connectivity index (χ1v) is 12.7. The molecule has 0 spiro atoms. The molecule has 3 aromatic rings. The van der Waals surface area contributed by atoms with E-state index >= 15 is 0 Å². The van der Waals surface area contributed by atoms with E-state index in [0.29, 0.717) is 11.5 Å². The molecule has 0 bridgehead atoms. The van der Waals surface area contributed by atoms with Crippen LogP contribution in [0, 0.1) is 18.8 Å². The van der Waals surface area contributed by atoms with E-state index in [9.17, 15) is 4.79 Å². The first-order chi connectivity index (χ1) is 16.8. The summed E-state index contributed by atoms with van der Waals surface area (Å²) in [6, 6.07) is 8.56. The van der Waals surface area contributed by atoms with Crippen LogP contribution in [0.5, 0.6) is 0 Å². The SMILES string of the molecule is Cc1nn(C(C)C)c2nc(-c3cccc([C]4C=C4)c3)c(C(=O)N(C)C)c(CCC3CCOCC3)c12. The second-order valence-electron chi connectivity index (χ2n) is 10.3. The summed E-state index contributed by atoms with van der Waals surface area (Å²) in [5.74, 6) is 1.84. The monoisotopic (exact) mass is 471 g/mol. The van der Waals surface area contributed by atoms with Gasteiger partial charge in [-0.3, -0.25) is 4.79 Å². The minimum atomic E-state index is -0.00400. The zero-order valence-corrected chi connectivity index (χ0v) is 21.5. The number of ether oxygens (including phenoxy) is 1. The molecule has 0 unspecified atom stereocenters. The minimum Gasteiger partial charge on any atom is -0.381 e. The number of carbonyl (C=O) groups excluding carboxylic acids is 1. The van der Waals surface area contributed by atoms with E-state index in [-0.39, 0.29) is 11.9 Å². The number of amides is 1. The summed E-state index contributed by atoms with van der Waals surface area (Å²) < 4.78 is 7.60. The first-order valence-electron chi connectivity index (χ1n) is 12.7. The van der Waals surface area contributed by atoms with E-state index in [1.165, 1.54) is 5.92 Å². The Kier molecular flexibility index (Phi) is 6.49. The highest BCUT2D eigenvalue weighted by Crippen LogP contribution is 2.37. The van der Waals surface area contributed by atoms with E-state index in [4.69, 9.17) is 14.8 Å². The molecule has 1 aliphatic heterocycles. The Morgan fingerprint density at radius 3 is 2.54 bits per heavy atom. The minimum absolute atomic E-state index is 0.00400. The molecule has 5 rings (SSSR count). The van der Waals surface area contributed by atoms with Crippen LogP contribution in [0.4, 0.5) is 0 Å². The molecule has 0 saturated carbocycles. The smallest absolute Gasteiger partial charge is 0.255 e. The van der Waals surface area contributed by atoms with Crippen LogP contribution in [0.3, 0.4) is 0 Å². The van der Waals surface area contributed by atoms with Crippen molar-refractivity contribution in [2.75, 3.05) is 27.3 Å². The summed E-state index contributed by atoms with van der Waals surface area (Å²) in [4.78, 5) is 20.6. The van der Waals surface area contributed by atoms with Gasteiger partial charge >= 0.3 is 0 Å². The van der Waals surface area contributed by atoms with Gasteiger partial charge in [-0.15, -0.1) is 0 Å². The van der Waals surface area contributed by atoms with Crippen molar-refractivity contribution in [1.29, 1.82) is 0 Å². The van der Waals surface area contributed by atoms with Gasteiger partial charge in [0.1, 0.15) is 0 Å². The Labute approximate surface area is 208 Å². The topological polar surface area (TPSA) is 60.2 Å². The summed E-state index contributed by atoms with van der Waals surface area (Å²) in [7, 11) is 3.65. The normalized spacial score (nSPS) is 16.4. The van der Waals surface area contributed by atoms with E-state index in [1.807, 2.05) is 25.7 Å². The Balaban J connectivity index is 1.73. The van der Waals surface area contributed by atoms with Gasteiger partial charge in [-0.2, -0.15) is 5.10 Å². The van der Waals surface area contributed by atoms with Gasteiger partial charge in [0.25, 0.3) is 5.91 Å². The van der Waals surface area contributed by atoms with Crippen molar-refractivity contribution in [3.63, 3.8) is 0 Å². The average Bonchev–Trinajstić information content (AvgIpc) is 3.65. The number of pyridine rings is 1. The Hall–Kier alpha value is -2.99. The number of rotatable bonds is 7. The Bertz CT molecular complexity index is 1280. The molecule has 1 amide bonds. The van der Waals surface area contributed by atoms with Crippen LogP contribution in [-0.2, 0) is 11.2 Å². The molecule has 1 aromatic carbocycles. The summed E-state index contributed by atoms with van der Waals surface area (Å²) in [6.45, 7) is 7.96. The maximum Gasteiger partial charge on any atom is 0.255 e. The fourth-order valence-corrected chi connectivity index (χ4v) is 5.16. The predicted octanol–water partition coefficient (Wildman–Crippen LogP) is 5.54. The van der Waals surface area contributed by atoms with Gasteiger partial charge in [-0.25, -0.2) is 9.67 Å². The summed E-state index contributed by atoms with van der Waals surface area (Å²) in [5.41, 5.74) is 6.49. The zero-order chi connectivity index (χ0) is 24.7. The summed E-state index contributed by atoms with van der Waals surface area (Å²) >= 11 is 0. The number of aromatic nitrogens is 3. The maximum absolute atomic E-state index is 13.8. The molecule has 2 aromatic heterocycles. The van der Waals surface area contributed by atoms with Crippen molar-refractivity contribution in [3.05, 3.63) is 64.7 Å². The average molecular weight is 472 g/mol. The molecule has 1 aliphatic carbocycles. The summed E-state index contributed by atoms with van der Waals surface area (Å²) in [6.07, 6.45) is 8.24. The number of allylic oxidation sites excluding steroid dienone is 2. The lowest BCUT2D eigenvalue weighted by molar-refractivity contribution is 0.0639. The molecule has 6 nitrogen and oxygen atoms in total. The zero-order valence-electron chi connectivity index (χ0n) is 21.5. The molecule has 6 heteroatoms. The number of aryl methyl sites for hydroxylation is 2. The second-order valence-corrected chi connectivity index (χ2v) is 10.3. The van der Waals surface area contributed by atoms with Crippen LogP contribution in [0.25, 0.3) is 22.3 Å². The van der Waals surface area contributed by atoms with Crippen LogP contribution < -0.4 is 0 Å². The van der Waals surface area contributed by atoms with Crippen LogP contribution in [0.2, 0.25) is 0 Å². The van der Waals surface area contributed by atoms with Crippen molar-refractivity contribution in [3.8, 4) is 11.3 Å². The van der Waals surface area contributed by atoms with Crippen LogP contribution >= 0.6 is 0 Å². The number of nitrogens with zero attached hydrogens (tertiary/aromatic N) is 4. The van der Waals surface area contributed by atoms with Gasteiger partial charge in [-0.1, -0.05) is 30.4 Å². The third kappa shape index (κ3) is 4.64.